The number of nitrogens with zero attached hydrogens (tertiary/aromatic N) is 2. The lowest BCUT2D eigenvalue weighted by molar-refractivity contribution is -0.122. The Morgan fingerprint density at radius 3 is 2.69 bits per heavy atom. The first-order chi connectivity index (χ1) is 14.1. The zero-order chi connectivity index (χ0) is 20.2. The molecule has 1 amide bonds. The lowest BCUT2D eigenvalue weighted by atomic mass is 10.1. The molecule has 3 atom stereocenters. The molecule has 2 aliphatic rings. The fourth-order valence-corrected chi connectivity index (χ4v) is 4.32. The molecule has 0 unspecified atom stereocenters. The van der Waals surface area contributed by atoms with Gasteiger partial charge in [0, 0.05) is 31.7 Å². The van der Waals surface area contributed by atoms with Crippen molar-refractivity contribution >= 4 is 5.91 Å². The number of halogens is 1. The topological polar surface area (TPSA) is 44.8 Å². The third kappa shape index (κ3) is 5.21. The van der Waals surface area contributed by atoms with Gasteiger partial charge in [-0.25, -0.2) is 4.39 Å². The van der Waals surface area contributed by atoms with Gasteiger partial charge in [-0.3, -0.25) is 14.6 Å². The number of ether oxygens (including phenoxy) is 1. The zero-order valence-electron chi connectivity index (χ0n) is 16.8. The van der Waals surface area contributed by atoms with Crippen molar-refractivity contribution in [3.63, 3.8) is 0 Å². The Labute approximate surface area is 171 Å². The molecular weight excluding hydrogens is 369 g/mol. The van der Waals surface area contributed by atoms with Gasteiger partial charge in [0.1, 0.15) is 5.82 Å². The summed E-state index contributed by atoms with van der Waals surface area (Å²) in [5, 5.41) is 3.18. The predicted molar refractivity (Wildman–Crippen MR) is 110 cm³/mol. The summed E-state index contributed by atoms with van der Waals surface area (Å²) in [4.78, 5) is 16.9. The Morgan fingerprint density at radius 1 is 1.17 bits per heavy atom. The number of hydrogen-bond donors (Lipinski definition) is 1. The molecule has 2 saturated heterocycles. The normalized spacial score (nSPS) is 24.4. The van der Waals surface area contributed by atoms with Crippen LogP contribution in [0.4, 0.5) is 4.39 Å². The Balaban J connectivity index is 1.24. The molecule has 0 aromatic heterocycles. The molecule has 2 aromatic rings. The number of amides is 1. The van der Waals surface area contributed by atoms with Crippen molar-refractivity contribution in [3.8, 4) is 0 Å². The molecule has 5 nitrogen and oxygen atoms in total. The minimum Gasteiger partial charge on any atom is -0.371 e. The Hall–Kier alpha value is -2.28. The summed E-state index contributed by atoms with van der Waals surface area (Å²) in [6.07, 6.45) is 1.03. The smallest absolute Gasteiger partial charge is 0.234 e. The molecule has 0 radical (unpaired) electrons. The highest BCUT2D eigenvalue weighted by atomic mass is 19.1. The molecule has 2 fully saturated rings. The molecule has 0 spiro atoms. The molecule has 0 aliphatic carbocycles. The van der Waals surface area contributed by atoms with Crippen molar-refractivity contribution < 1.29 is 13.9 Å². The highest BCUT2D eigenvalue weighted by Gasteiger charge is 2.38. The number of fused-ring (bicyclic) bond motifs is 1. The molecule has 6 heteroatoms. The summed E-state index contributed by atoms with van der Waals surface area (Å²) in [6.45, 7) is 3.37. The SMILES string of the molecule is CN(CC(=O)N[C@@H]1C[C@H]2CO[C@@H](c3ccccc3)CN2C1)Cc1ccc(F)cc1. The Bertz CT molecular complexity index is 815. The molecule has 0 bridgehead atoms. The molecular formula is C23H28FN3O2. The van der Waals surface area contributed by atoms with Crippen LogP contribution in [0.1, 0.15) is 23.7 Å². The quantitative estimate of drug-likeness (QED) is 0.814. The van der Waals surface area contributed by atoms with E-state index in [2.05, 4.69) is 22.3 Å². The monoisotopic (exact) mass is 397 g/mol. The van der Waals surface area contributed by atoms with Crippen LogP contribution in [-0.4, -0.2) is 61.1 Å². The molecule has 2 aliphatic heterocycles. The van der Waals surface area contributed by atoms with E-state index < -0.39 is 0 Å². The van der Waals surface area contributed by atoms with Crippen LogP contribution in [0.5, 0.6) is 0 Å². The first kappa shape index (κ1) is 20.0. The van der Waals surface area contributed by atoms with Gasteiger partial charge in [-0.1, -0.05) is 42.5 Å². The zero-order valence-corrected chi connectivity index (χ0v) is 16.8. The van der Waals surface area contributed by atoms with Gasteiger partial charge in [-0.05, 0) is 36.7 Å². The lowest BCUT2D eigenvalue weighted by Crippen LogP contribution is -2.44. The largest absolute Gasteiger partial charge is 0.371 e. The van der Waals surface area contributed by atoms with Crippen LogP contribution in [0.3, 0.4) is 0 Å². The summed E-state index contributed by atoms with van der Waals surface area (Å²) in [7, 11) is 1.90. The lowest BCUT2D eigenvalue weighted by Gasteiger charge is -2.35. The molecule has 2 aromatic carbocycles. The average molecular weight is 397 g/mol. The third-order valence-corrected chi connectivity index (χ3v) is 5.73. The van der Waals surface area contributed by atoms with Gasteiger partial charge in [0.25, 0.3) is 0 Å². The van der Waals surface area contributed by atoms with Crippen LogP contribution in [0.15, 0.2) is 54.6 Å². The van der Waals surface area contributed by atoms with Crippen molar-refractivity contribution in [2.24, 2.45) is 0 Å². The minimum absolute atomic E-state index is 0.0278. The number of carbonyl (C=O) groups is 1. The van der Waals surface area contributed by atoms with E-state index in [1.165, 1.54) is 17.7 Å². The van der Waals surface area contributed by atoms with E-state index in [-0.39, 0.29) is 23.9 Å². The first-order valence-corrected chi connectivity index (χ1v) is 10.2. The second kappa shape index (κ2) is 9.03. The first-order valence-electron chi connectivity index (χ1n) is 10.2. The van der Waals surface area contributed by atoms with Gasteiger partial charge in [0.05, 0.1) is 19.3 Å². The number of rotatable bonds is 6. The molecule has 154 valence electrons. The van der Waals surface area contributed by atoms with Crippen molar-refractivity contribution in [2.75, 3.05) is 33.3 Å². The maximum Gasteiger partial charge on any atom is 0.234 e. The fraction of sp³-hybridized carbons (Fsp3) is 0.435. The van der Waals surface area contributed by atoms with Crippen molar-refractivity contribution in [3.05, 3.63) is 71.5 Å². The number of benzene rings is 2. The van der Waals surface area contributed by atoms with Crippen LogP contribution in [-0.2, 0) is 16.1 Å². The summed E-state index contributed by atoms with van der Waals surface area (Å²) >= 11 is 0. The second-order valence-electron chi connectivity index (χ2n) is 8.14. The maximum absolute atomic E-state index is 13.0. The highest BCUT2D eigenvalue weighted by Crippen LogP contribution is 2.30. The van der Waals surface area contributed by atoms with Crippen LogP contribution in [0.2, 0.25) is 0 Å². The minimum atomic E-state index is -0.245. The number of likely N-dealkylation sites (N-methyl/N-ethyl adjacent to an activating group) is 1. The highest BCUT2D eigenvalue weighted by molar-refractivity contribution is 5.78. The standard InChI is InChI=1S/C23H28FN3O2/c1-26(12-17-7-9-19(24)10-8-17)15-23(28)25-20-11-21-16-29-22(14-27(21)13-20)18-5-3-2-4-6-18/h2-10,20-22H,11-16H2,1H3,(H,25,28)/t20-,21+,22-/m1/s1. The maximum atomic E-state index is 13.0. The van der Waals surface area contributed by atoms with Gasteiger partial charge in [0.2, 0.25) is 5.91 Å². The summed E-state index contributed by atoms with van der Waals surface area (Å²) in [5.74, 6) is -0.217. The number of carbonyl (C=O) groups excluding carboxylic acids is 1. The van der Waals surface area contributed by atoms with Crippen LogP contribution < -0.4 is 5.32 Å². The molecule has 0 saturated carbocycles. The van der Waals surface area contributed by atoms with Gasteiger partial charge >= 0.3 is 0 Å². The Kier molecular flexibility index (Phi) is 6.23. The van der Waals surface area contributed by atoms with E-state index in [0.29, 0.717) is 25.7 Å². The van der Waals surface area contributed by atoms with E-state index in [4.69, 9.17) is 4.74 Å². The molecule has 29 heavy (non-hydrogen) atoms. The van der Waals surface area contributed by atoms with E-state index in [9.17, 15) is 9.18 Å². The van der Waals surface area contributed by atoms with E-state index in [0.717, 1.165) is 25.1 Å². The summed E-state index contributed by atoms with van der Waals surface area (Å²) in [5.41, 5.74) is 2.20. The van der Waals surface area contributed by atoms with Crippen LogP contribution in [0.25, 0.3) is 0 Å². The third-order valence-electron chi connectivity index (χ3n) is 5.73. The summed E-state index contributed by atoms with van der Waals surface area (Å²) in [6, 6.07) is 17.2. The van der Waals surface area contributed by atoms with Gasteiger partial charge in [-0.15, -0.1) is 0 Å². The van der Waals surface area contributed by atoms with Crippen LogP contribution >= 0.6 is 0 Å². The van der Waals surface area contributed by atoms with Crippen molar-refractivity contribution in [1.82, 2.24) is 15.1 Å². The number of nitrogens with one attached hydrogen (secondary N) is 1. The predicted octanol–water partition coefficient (Wildman–Crippen LogP) is 2.59. The van der Waals surface area contributed by atoms with E-state index in [1.54, 1.807) is 12.1 Å². The Morgan fingerprint density at radius 2 is 1.93 bits per heavy atom. The van der Waals surface area contributed by atoms with Crippen molar-refractivity contribution in [2.45, 2.75) is 31.2 Å². The van der Waals surface area contributed by atoms with E-state index >= 15 is 0 Å². The number of morpholine rings is 1. The fourth-order valence-electron chi connectivity index (χ4n) is 4.32. The molecule has 1 N–H and O–H groups in total. The second-order valence-corrected chi connectivity index (χ2v) is 8.14. The van der Waals surface area contributed by atoms with Gasteiger partial charge in [-0.2, -0.15) is 0 Å². The van der Waals surface area contributed by atoms with E-state index in [1.807, 2.05) is 30.1 Å². The van der Waals surface area contributed by atoms with Crippen molar-refractivity contribution in [1.29, 1.82) is 0 Å². The molecule has 4 rings (SSSR count). The molecule has 2 heterocycles. The summed E-state index contributed by atoms with van der Waals surface area (Å²) < 4.78 is 19.1. The average Bonchev–Trinajstić information content (AvgIpc) is 3.11. The number of hydrogen-bond acceptors (Lipinski definition) is 4. The van der Waals surface area contributed by atoms with Gasteiger partial charge in [0.15, 0.2) is 0 Å². The van der Waals surface area contributed by atoms with Gasteiger partial charge < -0.3 is 10.1 Å². The van der Waals surface area contributed by atoms with Crippen LogP contribution in [0, 0.1) is 5.82 Å².